The third-order valence-corrected chi connectivity index (χ3v) is 5.64. The van der Waals surface area contributed by atoms with Crippen LogP contribution in [0.5, 0.6) is 0 Å². The van der Waals surface area contributed by atoms with E-state index in [4.69, 9.17) is 9.15 Å². The van der Waals surface area contributed by atoms with Crippen LogP contribution in [0.15, 0.2) is 76.1 Å². The predicted molar refractivity (Wildman–Crippen MR) is 118 cm³/mol. The molecule has 0 aliphatic carbocycles. The molecule has 0 saturated heterocycles. The van der Waals surface area contributed by atoms with Gasteiger partial charge in [0.1, 0.15) is 11.4 Å². The van der Waals surface area contributed by atoms with E-state index in [0.717, 1.165) is 5.56 Å². The van der Waals surface area contributed by atoms with Crippen molar-refractivity contribution in [3.63, 3.8) is 0 Å². The van der Waals surface area contributed by atoms with E-state index >= 15 is 0 Å². The van der Waals surface area contributed by atoms with E-state index in [2.05, 4.69) is 4.98 Å². The molecule has 1 amide bonds. The number of hydrogen-bond acceptors (Lipinski definition) is 6. The Kier molecular flexibility index (Phi) is 4.59. The highest BCUT2D eigenvalue weighted by Gasteiger charge is 2.44. The smallest absolute Gasteiger partial charge is 0.337 e. The fraction of sp³-hybridized carbons (Fsp3) is 0.120. The van der Waals surface area contributed by atoms with Gasteiger partial charge in [0.25, 0.3) is 5.91 Å². The lowest BCUT2D eigenvalue weighted by molar-refractivity contribution is 0.0600. The number of aryl methyl sites for hydroxylation is 1. The summed E-state index contributed by atoms with van der Waals surface area (Å²) in [5.41, 5.74) is 2.13. The summed E-state index contributed by atoms with van der Waals surface area (Å²) in [6.07, 6.45) is 1.60. The number of carbonyl (C=O) groups excluding carboxylic acids is 2. The number of anilines is 1. The summed E-state index contributed by atoms with van der Waals surface area (Å²) < 4.78 is 10.7. The molecule has 0 fully saturated rings. The molecule has 0 bridgehead atoms. The van der Waals surface area contributed by atoms with Gasteiger partial charge >= 0.3 is 5.97 Å². The third kappa shape index (κ3) is 2.90. The summed E-state index contributed by atoms with van der Waals surface area (Å²) in [6, 6.07) is 16.4. The van der Waals surface area contributed by atoms with Gasteiger partial charge in [0.15, 0.2) is 5.43 Å². The molecule has 7 heteroatoms. The van der Waals surface area contributed by atoms with Crippen LogP contribution in [0.2, 0.25) is 0 Å². The number of benzene rings is 2. The van der Waals surface area contributed by atoms with Gasteiger partial charge in [-0.15, -0.1) is 0 Å². The lowest BCUT2D eigenvalue weighted by atomic mass is 9.97. The Morgan fingerprint density at radius 1 is 1.03 bits per heavy atom. The SMILES string of the molecule is COC(=O)c1ccc(C2c3c(oc4ccccc4c3=O)C(=O)N2c2ncccc2C)cc1. The highest BCUT2D eigenvalue weighted by atomic mass is 16.5. The Morgan fingerprint density at radius 3 is 2.50 bits per heavy atom. The highest BCUT2D eigenvalue weighted by molar-refractivity contribution is 6.10. The molecule has 0 N–H and O–H groups in total. The van der Waals surface area contributed by atoms with Crippen molar-refractivity contribution in [1.29, 1.82) is 0 Å². The van der Waals surface area contributed by atoms with Crippen LogP contribution in [-0.2, 0) is 4.74 Å². The molecule has 158 valence electrons. The maximum atomic E-state index is 13.5. The maximum absolute atomic E-state index is 13.5. The molecule has 4 aromatic rings. The first-order valence-corrected chi connectivity index (χ1v) is 10.0. The zero-order chi connectivity index (χ0) is 22.4. The molecule has 3 heterocycles. The summed E-state index contributed by atoms with van der Waals surface area (Å²) in [4.78, 5) is 44.8. The van der Waals surface area contributed by atoms with Crippen molar-refractivity contribution in [2.75, 3.05) is 12.0 Å². The Labute approximate surface area is 182 Å². The number of nitrogens with zero attached hydrogens (tertiary/aromatic N) is 2. The van der Waals surface area contributed by atoms with Crippen LogP contribution in [0.25, 0.3) is 11.0 Å². The fourth-order valence-corrected chi connectivity index (χ4v) is 4.10. The minimum absolute atomic E-state index is 0.000738. The summed E-state index contributed by atoms with van der Waals surface area (Å²) in [5.74, 6) is -0.468. The summed E-state index contributed by atoms with van der Waals surface area (Å²) in [5, 5.41) is 0.398. The zero-order valence-corrected chi connectivity index (χ0v) is 17.4. The summed E-state index contributed by atoms with van der Waals surface area (Å²) >= 11 is 0. The van der Waals surface area contributed by atoms with Gasteiger partial charge in [0.05, 0.1) is 29.7 Å². The summed E-state index contributed by atoms with van der Waals surface area (Å²) in [6.45, 7) is 1.85. The molecule has 2 aromatic heterocycles. The van der Waals surface area contributed by atoms with Gasteiger partial charge in [-0.1, -0.05) is 30.3 Å². The van der Waals surface area contributed by atoms with E-state index in [-0.39, 0.29) is 16.8 Å². The maximum Gasteiger partial charge on any atom is 0.337 e. The van der Waals surface area contributed by atoms with Crippen molar-refractivity contribution in [3.8, 4) is 0 Å². The minimum atomic E-state index is -0.751. The molecule has 5 rings (SSSR count). The largest absolute Gasteiger partial charge is 0.465 e. The standard InChI is InChI=1S/C25H18N2O5/c1-14-6-5-13-26-23(14)27-20(15-9-11-16(12-10-15)25(30)31-2)19-21(28)17-7-3-4-8-18(17)32-22(19)24(27)29/h3-13,20H,1-2H3. The second-order valence-corrected chi connectivity index (χ2v) is 7.51. The minimum Gasteiger partial charge on any atom is -0.465 e. The number of pyridine rings is 1. The van der Waals surface area contributed by atoms with Crippen LogP contribution in [0.1, 0.15) is 43.6 Å². The number of esters is 1. The number of para-hydroxylation sites is 1. The van der Waals surface area contributed by atoms with Crippen molar-refractivity contribution in [3.05, 3.63) is 105 Å². The lowest BCUT2D eigenvalue weighted by Crippen LogP contribution is -2.31. The molecule has 32 heavy (non-hydrogen) atoms. The fourth-order valence-electron chi connectivity index (χ4n) is 4.10. The van der Waals surface area contributed by atoms with Gasteiger partial charge in [-0.05, 0) is 48.4 Å². The molecule has 0 radical (unpaired) electrons. The molecule has 1 aliphatic rings. The number of methoxy groups -OCH3 is 1. The second-order valence-electron chi connectivity index (χ2n) is 7.51. The molecular formula is C25H18N2O5. The molecule has 2 aromatic carbocycles. The molecular weight excluding hydrogens is 408 g/mol. The predicted octanol–water partition coefficient (Wildman–Crippen LogP) is 4.03. The van der Waals surface area contributed by atoms with Gasteiger partial charge in [0, 0.05) is 6.20 Å². The van der Waals surface area contributed by atoms with Crippen LogP contribution in [-0.4, -0.2) is 24.0 Å². The number of rotatable bonds is 3. The van der Waals surface area contributed by atoms with Crippen LogP contribution >= 0.6 is 0 Å². The number of aromatic nitrogens is 1. The van der Waals surface area contributed by atoms with E-state index in [9.17, 15) is 14.4 Å². The van der Waals surface area contributed by atoms with Crippen LogP contribution in [0.4, 0.5) is 5.82 Å². The monoisotopic (exact) mass is 426 g/mol. The van der Waals surface area contributed by atoms with Crippen molar-refractivity contribution in [1.82, 2.24) is 4.98 Å². The van der Waals surface area contributed by atoms with Crippen LogP contribution in [0, 0.1) is 6.92 Å². The van der Waals surface area contributed by atoms with Gasteiger partial charge < -0.3 is 9.15 Å². The van der Waals surface area contributed by atoms with Gasteiger partial charge in [-0.2, -0.15) is 0 Å². The topological polar surface area (TPSA) is 89.7 Å². The third-order valence-electron chi connectivity index (χ3n) is 5.64. The Bertz CT molecular complexity index is 1440. The molecule has 0 spiro atoms. The quantitative estimate of drug-likeness (QED) is 0.460. The Balaban J connectivity index is 1.77. The second kappa shape index (κ2) is 7.46. The molecule has 1 atom stereocenters. The molecule has 0 saturated carbocycles. The van der Waals surface area contributed by atoms with Crippen molar-refractivity contribution in [2.24, 2.45) is 0 Å². The number of ether oxygens (including phenoxy) is 1. The van der Waals surface area contributed by atoms with E-state index in [1.807, 2.05) is 13.0 Å². The number of amides is 1. The Morgan fingerprint density at radius 2 is 1.78 bits per heavy atom. The van der Waals surface area contributed by atoms with Crippen molar-refractivity contribution in [2.45, 2.75) is 13.0 Å². The first-order chi connectivity index (χ1) is 15.5. The lowest BCUT2D eigenvalue weighted by Gasteiger charge is -2.25. The number of carbonyl (C=O) groups is 2. The van der Waals surface area contributed by atoms with Gasteiger partial charge in [-0.3, -0.25) is 14.5 Å². The number of fused-ring (bicyclic) bond motifs is 2. The average Bonchev–Trinajstić information content (AvgIpc) is 3.11. The van der Waals surface area contributed by atoms with Crippen LogP contribution in [0.3, 0.4) is 0 Å². The first kappa shape index (κ1) is 19.7. The van der Waals surface area contributed by atoms with E-state index < -0.39 is 17.9 Å². The Hall–Kier alpha value is -4.26. The zero-order valence-electron chi connectivity index (χ0n) is 17.4. The molecule has 7 nitrogen and oxygen atoms in total. The normalized spacial score (nSPS) is 15.1. The number of hydrogen-bond donors (Lipinski definition) is 0. The van der Waals surface area contributed by atoms with Gasteiger partial charge in [0.2, 0.25) is 5.76 Å². The van der Waals surface area contributed by atoms with Crippen molar-refractivity contribution < 1.29 is 18.7 Å². The van der Waals surface area contributed by atoms with Crippen molar-refractivity contribution >= 4 is 28.7 Å². The van der Waals surface area contributed by atoms with Gasteiger partial charge in [-0.25, -0.2) is 9.78 Å². The average molecular weight is 426 g/mol. The van der Waals surface area contributed by atoms with E-state index in [1.54, 1.807) is 60.8 Å². The van der Waals surface area contributed by atoms with E-state index in [0.29, 0.717) is 27.9 Å². The molecule has 1 unspecified atom stereocenters. The van der Waals surface area contributed by atoms with Crippen LogP contribution < -0.4 is 10.3 Å². The molecule has 1 aliphatic heterocycles. The van der Waals surface area contributed by atoms with E-state index in [1.165, 1.54) is 12.0 Å². The highest BCUT2D eigenvalue weighted by Crippen LogP contribution is 2.41. The summed E-state index contributed by atoms with van der Waals surface area (Å²) in [7, 11) is 1.31. The first-order valence-electron chi connectivity index (χ1n) is 10.0.